The quantitative estimate of drug-likeness (QED) is 0.844. The highest BCUT2D eigenvalue weighted by atomic mass is 19.4. The summed E-state index contributed by atoms with van der Waals surface area (Å²) in [4.78, 5) is 18.6. The topological polar surface area (TPSA) is 86.2 Å². The molecule has 9 heteroatoms. The number of nitrogens with two attached hydrogens (primary N) is 1. The minimum atomic E-state index is -4.71. The van der Waals surface area contributed by atoms with Gasteiger partial charge in [-0.1, -0.05) is 5.57 Å². The number of halogens is 3. The summed E-state index contributed by atoms with van der Waals surface area (Å²) in [6.07, 6.45) is -3.44. The van der Waals surface area contributed by atoms with Crippen molar-refractivity contribution >= 4 is 17.3 Å². The van der Waals surface area contributed by atoms with Crippen LogP contribution in [0.2, 0.25) is 0 Å². The molecule has 0 radical (unpaired) electrons. The van der Waals surface area contributed by atoms with E-state index in [1.165, 1.54) is 4.52 Å². The van der Waals surface area contributed by atoms with Crippen LogP contribution in [0, 0.1) is 0 Å². The molecule has 0 saturated carbocycles. The molecule has 3 rings (SSSR count). The van der Waals surface area contributed by atoms with Gasteiger partial charge in [0.25, 0.3) is 5.78 Å². The molecular weight excluding hydrogens is 275 g/mol. The highest BCUT2D eigenvalue weighted by molar-refractivity contribution is 6.21. The van der Waals surface area contributed by atoms with Gasteiger partial charge in [-0.15, -0.1) is 0 Å². The molecule has 104 valence electrons. The molecular formula is C11H8F3N5O. The van der Waals surface area contributed by atoms with Gasteiger partial charge in [-0.2, -0.15) is 23.3 Å². The van der Waals surface area contributed by atoms with Gasteiger partial charge in [0.2, 0.25) is 5.91 Å². The van der Waals surface area contributed by atoms with Gasteiger partial charge in [0.05, 0.1) is 5.69 Å². The van der Waals surface area contributed by atoms with E-state index in [0.717, 1.165) is 6.33 Å². The fraction of sp³-hybridized carbons (Fsp3) is 0.273. The van der Waals surface area contributed by atoms with E-state index in [9.17, 15) is 18.0 Å². The van der Waals surface area contributed by atoms with Crippen molar-refractivity contribution in [1.29, 1.82) is 0 Å². The highest BCUT2D eigenvalue weighted by Crippen LogP contribution is 2.40. The molecule has 0 spiro atoms. The van der Waals surface area contributed by atoms with Crippen LogP contribution in [-0.2, 0) is 17.4 Å². The molecule has 1 aliphatic carbocycles. The number of nitrogens with zero attached hydrogens (tertiary/aromatic N) is 4. The van der Waals surface area contributed by atoms with E-state index in [1.807, 2.05) is 0 Å². The summed E-state index contributed by atoms with van der Waals surface area (Å²) < 4.78 is 40.6. The number of fused-ring (bicyclic) bond motifs is 3. The van der Waals surface area contributed by atoms with Crippen molar-refractivity contribution in [3.8, 4) is 0 Å². The third kappa shape index (κ3) is 1.59. The molecule has 2 aromatic heterocycles. The molecule has 20 heavy (non-hydrogen) atoms. The van der Waals surface area contributed by atoms with Crippen molar-refractivity contribution in [3.05, 3.63) is 28.9 Å². The van der Waals surface area contributed by atoms with E-state index in [-0.39, 0.29) is 29.0 Å². The Hall–Kier alpha value is -2.45. The van der Waals surface area contributed by atoms with Crippen LogP contribution < -0.4 is 5.73 Å². The Morgan fingerprint density at radius 2 is 2.15 bits per heavy atom. The second-order valence-corrected chi connectivity index (χ2v) is 4.45. The molecule has 1 aliphatic rings. The average molecular weight is 283 g/mol. The first kappa shape index (κ1) is 12.6. The van der Waals surface area contributed by atoms with Gasteiger partial charge >= 0.3 is 6.18 Å². The van der Waals surface area contributed by atoms with Crippen LogP contribution in [0.1, 0.15) is 23.9 Å². The summed E-state index contributed by atoms with van der Waals surface area (Å²) in [5.41, 5.74) is 4.30. The van der Waals surface area contributed by atoms with Crippen molar-refractivity contribution in [1.82, 2.24) is 19.6 Å². The molecule has 2 heterocycles. The molecule has 0 saturated heterocycles. The third-order valence-electron chi connectivity index (χ3n) is 3.15. The highest BCUT2D eigenvalue weighted by Gasteiger charge is 2.42. The van der Waals surface area contributed by atoms with Crippen LogP contribution in [0.15, 0.2) is 11.9 Å². The maximum atomic E-state index is 13.1. The largest absolute Gasteiger partial charge is 0.434 e. The molecule has 0 aromatic carbocycles. The molecule has 6 nitrogen and oxygen atoms in total. The van der Waals surface area contributed by atoms with Crippen molar-refractivity contribution in [2.75, 3.05) is 0 Å². The summed E-state index contributed by atoms with van der Waals surface area (Å²) in [6.45, 7) is 1.56. The van der Waals surface area contributed by atoms with Crippen molar-refractivity contribution in [2.24, 2.45) is 5.73 Å². The summed E-state index contributed by atoms with van der Waals surface area (Å²) in [5.74, 6) is -1.07. The number of hydrogen-bond acceptors (Lipinski definition) is 4. The van der Waals surface area contributed by atoms with Gasteiger partial charge in [-0.3, -0.25) is 4.79 Å². The fourth-order valence-electron chi connectivity index (χ4n) is 2.42. The average Bonchev–Trinajstić information content (AvgIpc) is 2.88. The number of carbonyl (C=O) groups is 1. The van der Waals surface area contributed by atoms with Crippen LogP contribution in [0.4, 0.5) is 13.2 Å². The summed E-state index contributed by atoms with van der Waals surface area (Å²) >= 11 is 0. The number of allylic oxidation sites excluding steroid dienone is 1. The van der Waals surface area contributed by atoms with Gasteiger partial charge in [0, 0.05) is 17.6 Å². The zero-order chi connectivity index (χ0) is 14.7. The number of carbonyl (C=O) groups excluding carboxylic acids is 1. The van der Waals surface area contributed by atoms with Gasteiger partial charge < -0.3 is 5.73 Å². The van der Waals surface area contributed by atoms with E-state index in [2.05, 4.69) is 15.1 Å². The number of hydrogen-bond donors (Lipinski definition) is 1. The predicted molar refractivity (Wildman–Crippen MR) is 61.3 cm³/mol. The van der Waals surface area contributed by atoms with Crippen LogP contribution in [0.5, 0.6) is 0 Å². The monoisotopic (exact) mass is 283 g/mol. The fourth-order valence-corrected chi connectivity index (χ4v) is 2.42. The zero-order valence-corrected chi connectivity index (χ0v) is 10.2. The van der Waals surface area contributed by atoms with E-state index < -0.39 is 17.8 Å². The number of aromatic nitrogens is 4. The smallest absolute Gasteiger partial charge is 0.366 e. The molecule has 0 bridgehead atoms. The summed E-state index contributed by atoms with van der Waals surface area (Å²) in [5, 5.41) is 3.84. The molecule has 0 aliphatic heterocycles. The van der Waals surface area contributed by atoms with Crippen molar-refractivity contribution < 1.29 is 18.0 Å². The molecule has 1 amide bonds. The van der Waals surface area contributed by atoms with Crippen LogP contribution in [-0.4, -0.2) is 25.5 Å². The lowest BCUT2D eigenvalue weighted by Crippen LogP contribution is -2.20. The lowest BCUT2D eigenvalue weighted by Gasteiger charge is -2.13. The van der Waals surface area contributed by atoms with Gasteiger partial charge in [0.15, 0.2) is 5.69 Å². The van der Waals surface area contributed by atoms with Crippen LogP contribution in [0.3, 0.4) is 0 Å². The van der Waals surface area contributed by atoms with Crippen molar-refractivity contribution in [2.45, 2.75) is 19.5 Å². The van der Waals surface area contributed by atoms with Gasteiger partial charge in [-0.05, 0) is 6.92 Å². The molecule has 2 aromatic rings. The lowest BCUT2D eigenvalue weighted by atomic mass is 10.0. The van der Waals surface area contributed by atoms with E-state index in [1.54, 1.807) is 6.92 Å². The number of amides is 1. The van der Waals surface area contributed by atoms with E-state index >= 15 is 0 Å². The standard InChI is InChI=1S/C11H8F3N5O/c1-4-2-5-7(6(4)9(15)20)8(11(12,13)14)18-10-16-3-17-19(5)10/h3H,2H2,1H3,(H2,15,20). The maximum Gasteiger partial charge on any atom is 0.434 e. The lowest BCUT2D eigenvalue weighted by molar-refractivity contribution is -0.141. The normalized spacial score (nSPS) is 15.0. The van der Waals surface area contributed by atoms with Crippen molar-refractivity contribution in [3.63, 3.8) is 0 Å². The van der Waals surface area contributed by atoms with Crippen LogP contribution in [0.25, 0.3) is 11.4 Å². The Kier molecular flexibility index (Phi) is 2.38. The zero-order valence-electron chi connectivity index (χ0n) is 10.2. The first-order valence-electron chi connectivity index (χ1n) is 5.60. The molecule has 2 N–H and O–H groups in total. The first-order chi connectivity index (χ1) is 9.30. The Labute approximate surface area is 110 Å². The Balaban J connectivity index is 2.43. The minimum Gasteiger partial charge on any atom is -0.366 e. The molecule has 0 unspecified atom stereocenters. The summed E-state index contributed by atoms with van der Waals surface area (Å²) in [7, 11) is 0. The van der Waals surface area contributed by atoms with Gasteiger partial charge in [0.1, 0.15) is 6.33 Å². The second kappa shape index (κ2) is 3.78. The molecule has 0 fully saturated rings. The van der Waals surface area contributed by atoms with E-state index in [4.69, 9.17) is 5.73 Å². The Bertz CT molecular complexity index is 774. The first-order valence-corrected chi connectivity index (χ1v) is 5.60. The third-order valence-corrected chi connectivity index (χ3v) is 3.15. The number of primary amides is 1. The van der Waals surface area contributed by atoms with Crippen LogP contribution >= 0.6 is 0 Å². The predicted octanol–water partition coefficient (Wildman–Crippen LogP) is 0.958. The molecule has 0 atom stereocenters. The van der Waals surface area contributed by atoms with Gasteiger partial charge in [-0.25, -0.2) is 9.50 Å². The number of alkyl halides is 3. The Morgan fingerprint density at radius 3 is 2.75 bits per heavy atom. The van der Waals surface area contributed by atoms with E-state index in [0.29, 0.717) is 5.57 Å². The minimum absolute atomic E-state index is 0.141. The second-order valence-electron chi connectivity index (χ2n) is 4.45. The SMILES string of the molecule is CC1=C(C(N)=O)c2c(C(F)(F)F)nc3ncnn3c2C1. The Morgan fingerprint density at radius 1 is 1.45 bits per heavy atom. The number of rotatable bonds is 1. The summed E-state index contributed by atoms with van der Waals surface area (Å²) in [6, 6.07) is 0. The maximum absolute atomic E-state index is 13.1.